The summed E-state index contributed by atoms with van der Waals surface area (Å²) in [7, 11) is 0. The molecule has 0 aromatic carbocycles. The summed E-state index contributed by atoms with van der Waals surface area (Å²) in [5.74, 6) is -0.0563. The van der Waals surface area contributed by atoms with Crippen LogP contribution in [0.15, 0.2) is 0 Å². The van der Waals surface area contributed by atoms with Gasteiger partial charge < -0.3 is 14.5 Å². The predicted molar refractivity (Wildman–Crippen MR) is 69.2 cm³/mol. The Balaban J connectivity index is 2.51. The van der Waals surface area contributed by atoms with E-state index >= 15 is 0 Å². The quantitative estimate of drug-likeness (QED) is 0.709. The lowest BCUT2D eigenvalue weighted by atomic mass is 10.2. The number of carbonyl (C=O) groups is 2. The van der Waals surface area contributed by atoms with Gasteiger partial charge in [0.15, 0.2) is 0 Å². The molecule has 5 heteroatoms. The third-order valence-corrected chi connectivity index (χ3v) is 3.34. The fourth-order valence-corrected chi connectivity index (χ4v) is 2.18. The first-order valence-corrected chi connectivity index (χ1v) is 6.73. The van der Waals surface area contributed by atoms with Crippen LogP contribution in [0.2, 0.25) is 0 Å². The van der Waals surface area contributed by atoms with Crippen molar-refractivity contribution in [3.05, 3.63) is 0 Å². The van der Waals surface area contributed by atoms with Gasteiger partial charge in [-0.3, -0.25) is 9.59 Å². The van der Waals surface area contributed by atoms with Gasteiger partial charge in [0.1, 0.15) is 0 Å². The number of likely N-dealkylation sites (N-methyl/N-ethyl adjacent to an activating group) is 1. The molecule has 5 nitrogen and oxygen atoms in total. The Labute approximate surface area is 109 Å². The van der Waals surface area contributed by atoms with Crippen LogP contribution in [0.1, 0.15) is 33.6 Å². The van der Waals surface area contributed by atoms with E-state index in [1.165, 1.54) is 6.92 Å². The number of rotatable bonds is 6. The molecule has 0 aromatic heterocycles. The van der Waals surface area contributed by atoms with E-state index in [4.69, 9.17) is 4.74 Å². The number of hydrogen-bond acceptors (Lipinski definition) is 3. The van der Waals surface area contributed by atoms with Gasteiger partial charge in [0, 0.05) is 33.2 Å². The minimum absolute atomic E-state index is 0.00759. The third-order valence-electron chi connectivity index (χ3n) is 3.34. The Morgan fingerprint density at radius 2 is 1.89 bits per heavy atom. The molecule has 1 unspecified atom stereocenters. The molecule has 0 bridgehead atoms. The maximum atomic E-state index is 12.0. The lowest BCUT2D eigenvalue weighted by Crippen LogP contribution is -2.44. The van der Waals surface area contributed by atoms with Crippen LogP contribution in [0.3, 0.4) is 0 Å². The molecular formula is C13H24N2O3. The molecule has 0 saturated carbocycles. The SMILES string of the molecule is CCN(CC)C(=O)CN(CC1CCCO1)C(C)=O. The second-order valence-corrected chi connectivity index (χ2v) is 4.60. The zero-order valence-corrected chi connectivity index (χ0v) is 11.6. The molecule has 1 heterocycles. The molecule has 0 spiro atoms. The smallest absolute Gasteiger partial charge is 0.242 e. The van der Waals surface area contributed by atoms with E-state index in [0.717, 1.165) is 19.4 Å². The van der Waals surface area contributed by atoms with Gasteiger partial charge in [-0.15, -0.1) is 0 Å². The Kier molecular flexibility index (Phi) is 6.12. The number of nitrogens with zero attached hydrogens (tertiary/aromatic N) is 2. The first-order chi connectivity index (χ1) is 8.58. The molecule has 1 atom stereocenters. The number of hydrogen-bond donors (Lipinski definition) is 0. The van der Waals surface area contributed by atoms with Gasteiger partial charge in [-0.25, -0.2) is 0 Å². The fourth-order valence-electron chi connectivity index (χ4n) is 2.18. The van der Waals surface area contributed by atoms with Gasteiger partial charge in [0.2, 0.25) is 11.8 Å². The van der Waals surface area contributed by atoms with E-state index in [9.17, 15) is 9.59 Å². The van der Waals surface area contributed by atoms with Gasteiger partial charge in [-0.1, -0.05) is 0 Å². The number of ether oxygens (including phenoxy) is 1. The molecular weight excluding hydrogens is 232 g/mol. The maximum Gasteiger partial charge on any atom is 0.242 e. The predicted octanol–water partition coefficient (Wildman–Crippen LogP) is 0.882. The summed E-state index contributed by atoms with van der Waals surface area (Å²) in [6.45, 7) is 8.21. The van der Waals surface area contributed by atoms with Crippen molar-refractivity contribution in [2.75, 3.05) is 32.8 Å². The average Bonchev–Trinajstić information content (AvgIpc) is 2.82. The molecule has 1 aliphatic heterocycles. The van der Waals surface area contributed by atoms with E-state index < -0.39 is 0 Å². The molecule has 104 valence electrons. The highest BCUT2D eigenvalue weighted by atomic mass is 16.5. The Morgan fingerprint density at radius 1 is 1.22 bits per heavy atom. The molecule has 1 saturated heterocycles. The van der Waals surface area contributed by atoms with Crippen LogP contribution in [-0.2, 0) is 14.3 Å². The first kappa shape index (κ1) is 15.0. The Bertz CT molecular complexity index is 284. The highest BCUT2D eigenvalue weighted by Gasteiger charge is 2.23. The summed E-state index contributed by atoms with van der Waals surface area (Å²) < 4.78 is 5.51. The van der Waals surface area contributed by atoms with Crippen LogP contribution in [0.25, 0.3) is 0 Å². The molecule has 1 fully saturated rings. The van der Waals surface area contributed by atoms with E-state index in [2.05, 4.69) is 0 Å². The van der Waals surface area contributed by atoms with Crippen LogP contribution in [0.5, 0.6) is 0 Å². The van der Waals surface area contributed by atoms with Crippen molar-refractivity contribution in [2.45, 2.75) is 39.7 Å². The van der Waals surface area contributed by atoms with Crippen LogP contribution < -0.4 is 0 Å². The van der Waals surface area contributed by atoms with Crippen molar-refractivity contribution < 1.29 is 14.3 Å². The third kappa shape index (κ3) is 4.29. The van der Waals surface area contributed by atoms with Crippen LogP contribution >= 0.6 is 0 Å². The Hall–Kier alpha value is -1.10. The average molecular weight is 256 g/mol. The lowest BCUT2D eigenvalue weighted by Gasteiger charge is -2.27. The summed E-state index contributed by atoms with van der Waals surface area (Å²) >= 11 is 0. The summed E-state index contributed by atoms with van der Waals surface area (Å²) in [6.07, 6.45) is 2.11. The monoisotopic (exact) mass is 256 g/mol. The largest absolute Gasteiger partial charge is 0.376 e. The van der Waals surface area contributed by atoms with E-state index in [1.807, 2.05) is 13.8 Å². The van der Waals surface area contributed by atoms with E-state index in [-0.39, 0.29) is 24.5 Å². The number of carbonyl (C=O) groups excluding carboxylic acids is 2. The fraction of sp³-hybridized carbons (Fsp3) is 0.846. The van der Waals surface area contributed by atoms with Crippen molar-refractivity contribution in [1.29, 1.82) is 0 Å². The molecule has 0 N–H and O–H groups in total. The topological polar surface area (TPSA) is 49.9 Å². The van der Waals surface area contributed by atoms with Crippen molar-refractivity contribution in [2.24, 2.45) is 0 Å². The molecule has 0 aromatic rings. The second-order valence-electron chi connectivity index (χ2n) is 4.60. The standard InChI is InChI=1S/C13H24N2O3/c1-4-14(5-2)13(17)10-15(11(3)16)9-12-7-6-8-18-12/h12H,4-10H2,1-3H3. The first-order valence-electron chi connectivity index (χ1n) is 6.73. The molecule has 0 aliphatic carbocycles. The van der Waals surface area contributed by atoms with Gasteiger partial charge in [-0.2, -0.15) is 0 Å². The molecule has 0 radical (unpaired) electrons. The normalized spacial score (nSPS) is 18.7. The minimum Gasteiger partial charge on any atom is -0.376 e. The van der Waals surface area contributed by atoms with E-state index in [1.54, 1.807) is 9.80 Å². The summed E-state index contributed by atoms with van der Waals surface area (Å²) in [6, 6.07) is 0. The summed E-state index contributed by atoms with van der Waals surface area (Å²) in [5, 5.41) is 0. The van der Waals surface area contributed by atoms with Crippen molar-refractivity contribution in [3.63, 3.8) is 0 Å². The summed E-state index contributed by atoms with van der Waals surface area (Å²) in [5.41, 5.74) is 0. The van der Waals surface area contributed by atoms with Crippen molar-refractivity contribution in [1.82, 2.24) is 9.80 Å². The van der Waals surface area contributed by atoms with Crippen molar-refractivity contribution in [3.8, 4) is 0 Å². The second kappa shape index (κ2) is 7.36. The highest BCUT2D eigenvalue weighted by molar-refractivity contribution is 5.83. The van der Waals surface area contributed by atoms with Gasteiger partial charge >= 0.3 is 0 Å². The van der Waals surface area contributed by atoms with Crippen LogP contribution in [0, 0.1) is 0 Å². The maximum absolute atomic E-state index is 12.0. The molecule has 1 aliphatic rings. The minimum atomic E-state index is -0.0639. The van der Waals surface area contributed by atoms with Gasteiger partial charge in [-0.05, 0) is 26.7 Å². The van der Waals surface area contributed by atoms with Crippen LogP contribution in [-0.4, -0.2) is 60.5 Å². The lowest BCUT2D eigenvalue weighted by molar-refractivity contribution is -0.140. The summed E-state index contributed by atoms with van der Waals surface area (Å²) in [4.78, 5) is 26.9. The van der Waals surface area contributed by atoms with Gasteiger partial charge in [0.05, 0.1) is 12.6 Å². The molecule has 2 amide bonds. The van der Waals surface area contributed by atoms with Crippen molar-refractivity contribution >= 4 is 11.8 Å². The molecule has 18 heavy (non-hydrogen) atoms. The zero-order valence-electron chi connectivity index (χ0n) is 11.6. The van der Waals surface area contributed by atoms with Crippen LogP contribution in [0.4, 0.5) is 0 Å². The Morgan fingerprint density at radius 3 is 2.33 bits per heavy atom. The number of amides is 2. The van der Waals surface area contributed by atoms with E-state index in [0.29, 0.717) is 19.6 Å². The highest BCUT2D eigenvalue weighted by Crippen LogP contribution is 2.13. The van der Waals surface area contributed by atoms with Gasteiger partial charge in [0.25, 0.3) is 0 Å². The zero-order chi connectivity index (χ0) is 13.5. The molecule has 1 rings (SSSR count).